The summed E-state index contributed by atoms with van der Waals surface area (Å²) in [5.41, 5.74) is -0.548. The standard InChI is InChI=1S/C21H22F2IN3O4/c1-12-10-13(24)2-3-16(12)26-19-15(21(29)30)11-14(17(22)18(19)23)20(28)25-4-5-27-6-8-31-9-7-27/h2-3,10-11,26H,4-9H2,1H3,(H,25,28)(H,29,30). The Morgan fingerprint density at radius 1 is 1.16 bits per heavy atom. The van der Waals surface area contributed by atoms with E-state index in [0.29, 0.717) is 25.4 Å². The van der Waals surface area contributed by atoms with Crippen LogP contribution in [0.4, 0.5) is 20.2 Å². The first-order chi connectivity index (χ1) is 14.8. The Labute approximate surface area is 191 Å². The van der Waals surface area contributed by atoms with Gasteiger partial charge in [0.25, 0.3) is 5.91 Å². The van der Waals surface area contributed by atoms with Crippen molar-refractivity contribution in [3.63, 3.8) is 0 Å². The van der Waals surface area contributed by atoms with Crippen LogP contribution in [-0.4, -0.2) is 61.3 Å². The maximum Gasteiger partial charge on any atom is 0.337 e. The van der Waals surface area contributed by atoms with Crippen LogP contribution in [0, 0.1) is 22.1 Å². The summed E-state index contributed by atoms with van der Waals surface area (Å²) in [5, 5.41) is 14.7. The number of carboxylic acids is 1. The number of halogens is 3. The Balaban J connectivity index is 1.82. The van der Waals surface area contributed by atoms with Crippen molar-refractivity contribution in [2.24, 2.45) is 0 Å². The summed E-state index contributed by atoms with van der Waals surface area (Å²) >= 11 is 2.11. The molecule has 0 atom stereocenters. The van der Waals surface area contributed by atoms with Gasteiger partial charge in [0.1, 0.15) is 0 Å². The molecule has 1 amide bonds. The molecule has 0 saturated carbocycles. The van der Waals surface area contributed by atoms with Crippen LogP contribution in [0.3, 0.4) is 0 Å². The van der Waals surface area contributed by atoms with E-state index in [4.69, 9.17) is 4.74 Å². The lowest BCUT2D eigenvalue weighted by Crippen LogP contribution is -2.41. The molecule has 1 aliphatic heterocycles. The molecule has 7 nitrogen and oxygen atoms in total. The van der Waals surface area contributed by atoms with Crippen LogP contribution in [0.25, 0.3) is 0 Å². The Hall–Kier alpha value is -2.31. The lowest BCUT2D eigenvalue weighted by Gasteiger charge is -2.26. The zero-order valence-corrected chi connectivity index (χ0v) is 19.0. The van der Waals surface area contributed by atoms with Gasteiger partial charge < -0.3 is 20.5 Å². The Kier molecular flexibility index (Phi) is 7.79. The van der Waals surface area contributed by atoms with E-state index in [-0.39, 0.29) is 6.54 Å². The SMILES string of the molecule is Cc1cc(I)ccc1Nc1c(C(=O)O)cc(C(=O)NCCN2CCOCC2)c(F)c1F. The zero-order valence-electron chi connectivity index (χ0n) is 16.8. The number of carbonyl (C=O) groups excluding carboxylic acids is 1. The third kappa shape index (κ3) is 5.69. The Morgan fingerprint density at radius 3 is 2.52 bits per heavy atom. The molecule has 3 N–H and O–H groups in total. The second-order valence-corrected chi connectivity index (χ2v) is 8.32. The average Bonchev–Trinajstić information content (AvgIpc) is 2.73. The van der Waals surface area contributed by atoms with E-state index in [1.807, 2.05) is 6.07 Å². The van der Waals surface area contributed by atoms with Gasteiger partial charge in [-0.1, -0.05) is 0 Å². The number of carboxylic acid groups (broad SMARTS) is 1. The predicted octanol–water partition coefficient (Wildman–Crippen LogP) is 3.38. The molecule has 1 fully saturated rings. The van der Waals surface area contributed by atoms with Crippen LogP contribution in [-0.2, 0) is 4.74 Å². The number of anilines is 2. The van der Waals surface area contributed by atoms with Crippen molar-refractivity contribution in [2.75, 3.05) is 44.7 Å². The molecule has 2 aromatic carbocycles. The summed E-state index contributed by atoms with van der Waals surface area (Å²) in [6, 6.07) is 6.07. The first kappa shape index (κ1) is 23.4. The summed E-state index contributed by atoms with van der Waals surface area (Å²) < 4.78 is 35.7. The number of nitrogens with zero attached hydrogens (tertiary/aromatic N) is 1. The van der Waals surface area contributed by atoms with Crippen LogP contribution >= 0.6 is 22.6 Å². The van der Waals surface area contributed by atoms with Crippen molar-refractivity contribution in [3.8, 4) is 0 Å². The van der Waals surface area contributed by atoms with Crippen LogP contribution in [0.15, 0.2) is 24.3 Å². The van der Waals surface area contributed by atoms with E-state index >= 15 is 0 Å². The summed E-state index contributed by atoms with van der Waals surface area (Å²) in [5.74, 6) is -5.17. The number of nitrogens with one attached hydrogen (secondary N) is 2. The van der Waals surface area contributed by atoms with E-state index in [2.05, 4.69) is 38.1 Å². The van der Waals surface area contributed by atoms with Gasteiger partial charge >= 0.3 is 5.97 Å². The number of hydrogen-bond donors (Lipinski definition) is 3. The number of hydrogen-bond acceptors (Lipinski definition) is 5. The molecule has 1 aliphatic rings. The second-order valence-electron chi connectivity index (χ2n) is 7.07. The molecule has 0 unspecified atom stereocenters. The van der Waals surface area contributed by atoms with E-state index in [9.17, 15) is 23.5 Å². The largest absolute Gasteiger partial charge is 0.478 e. The van der Waals surface area contributed by atoms with Crippen molar-refractivity contribution in [1.82, 2.24) is 10.2 Å². The predicted molar refractivity (Wildman–Crippen MR) is 120 cm³/mol. The fourth-order valence-electron chi connectivity index (χ4n) is 3.23. The highest BCUT2D eigenvalue weighted by Gasteiger charge is 2.26. The van der Waals surface area contributed by atoms with Crippen LogP contribution < -0.4 is 10.6 Å². The normalized spacial score (nSPS) is 14.3. The van der Waals surface area contributed by atoms with Crippen LogP contribution in [0.1, 0.15) is 26.3 Å². The van der Waals surface area contributed by atoms with E-state index < -0.39 is 40.3 Å². The number of aromatic carboxylic acids is 1. The first-order valence-electron chi connectivity index (χ1n) is 9.64. The molecule has 0 aliphatic carbocycles. The van der Waals surface area contributed by atoms with Gasteiger partial charge in [-0.3, -0.25) is 9.69 Å². The van der Waals surface area contributed by atoms with Gasteiger partial charge in [-0.2, -0.15) is 0 Å². The topological polar surface area (TPSA) is 90.9 Å². The molecule has 1 heterocycles. The molecule has 0 spiro atoms. The Morgan fingerprint density at radius 2 is 1.87 bits per heavy atom. The molecular weight excluding hydrogens is 523 g/mol. The first-order valence-corrected chi connectivity index (χ1v) is 10.7. The van der Waals surface area contributed by atoms with Gasteiger partial charge in [-0.25, -0.2) is 13.6 Å². The van der Waals surface area contributed by atoms with Gasteiger partial charge in [-0.15, -0.1) is 0 Å². The third-order valence-corrected chi connectivity index (χ3v) is 5.62. The third-order valence-electron chi connectivity index (χ3n) is 4.95. The molecule has 166 valence electrons. The molecule has 2 aromatic rings. The van der Waals surface area contributed by atoms with Crippen molar-refractivity contribution >= 4 is 45.8 Å². The summed E-state index contributed by atoms with van der Waals surface area (Å²) in [7, 11) is 0. The Bertz CT molecular complexity index is 997. The summed E-state index contributed by atoms with van der Waals surface area (Å²) in [6.07, 6.45) is 0. The molecule has 10 heteroatoms. The fraction of sp³-hybridized carbons (Fsp3) is 0.333. The highest BCUT2D eigenvalue weighted by molar-refractivity contribution is 14.1. The van der Waals surface area contributed by atoms with E-state index in [0.717, 1.165) is 28.3 Å². The highest BCUT2D eigenvalue weighted by Crippen LogP contribution is 2.30. The van der Waals surface area contributed by atoms with Gasteiger partial charge in [0.15, 0.2) is 11.6 Å². The zero-order chi connectivity index (χ0) is 22.5. The highest BCUT2D eigenvalue weighted by atomic mass is 127. The maximum absolute atomic E-state index is 14.8. The minimum absolute atomic E-state index is 0.212. The molecule has 3 rings (SSSR count). The van der Waals surface area contributed by atoms with Gasteiger partial charge in [0, 0.05) is 35.4 Å². The van der Waals surface area contributed by atoms with Gasteiger partial charge in [-0.05, 0) is 59.3 Å². The van der Waals surface area contributed by atoms with Crippen LogP contribution in [0.5, 0.6) is 0 Å². The lowest BCUT2D eigenvalue weighted by molar-refractivity contribution is 0.0383. The second kappa shape index (κ2) is 10.3. The van der Waals surface area contributed by atoms with Crippen LogP contribution in [0.2, 0.25) is 0 Å². The number of benzene rings is 2. The molecule has 31 heavy (non-hydrogen) atoms. The average molecular weight is 545 g/mol. The van der Waals surface area contributed by atoms with E-state index in [1.54, 1.807) is 19.1 Å². The molecule has 1 saturated heterocycles. The minimum Gasteiger partial charge on any atom is -0.478 e. The number of aryl methyl sites for hydroxylation is 1. The van der Waals surface area contributed by atoms with Crippen molar-refractivity contribution in [1.29, 1.82) is 0 Å². The van der Waals surface area contributed by atoms with E-state index in [1.165, 1.54) is 0 Å². The summed E-state index contributed by atoms with van der Waals surface area (Å²) in [4.78, 5) is 26.2. The smallest absolute Gasteiger partial charge is 0.337 e. The van der Waals surface area contributed by atoms with Gasteiger partial charge in [0.05, 0.1) is 30.0 Å². The van der Waals surface area contributed by atoms with Gasteiger partial charge in [0.2, 0.25) is 0 Å². The summed E-state index contributed by atoms with van der Waals surface area (Å²) in [6.45, 7) is 5.14. The number of carbonyl (C=O) groups is 2. The minimum atomic E-state index is -1.48. The fourth-order valence-corrected chi connectivity index (χ4v) is 3.88. The maximum atomic E-state index is 14.8. The monoisotopic (exact) mass is 545 g/mol. The number of rotatable bonds is 7. The van der Waals surface area contributed by atoms with Crippen molar-refractivity contribution in [2.45, 2.75) is 6.92 Å². The molecule has 0 bridgehead atoms. The molecule has 0 aromatic heterocycles. The van der Waals surface area contributed by atoms with Crippen molar-refractivity contribution < 1.29 is 28.2 Å². The molecular formula is C21H22F2IN3O4. The molecule has 0 radical (unpaired) electrons. The number of morpholine rings is 1. The lowest BCUT2D eigenvalue weighted by atomic mass is 10.0. The number of ether oxygens (including phenoxy) is 1. The van der Waals surface area contributed by atoms with Crippen molar-refractivity contribution in [3.05, 3.63) is 56.2 Å². The number of amides is 1. The quantitative estimate of drug-likeness (QED) is 0.463.